The molecule has 0 aromatic carbocycles. The molecule has 4 nitrogen and oxygen atoms in total. The second kappa shape index (κ2) is 4.43. The lowest BCUT2D eigenvalue weighted by molar-refractivity contribution is -0.131. The number of ether oxygens (including phenoxy) is 1. The molecule has 0 radical (unpaired) electrons. The number of rotatable bonds is 2. The van der Waals surface area contributed by atoms with Gasteiger partial charge in [-0.1, -0.05) is 11.6 Å². The molecule has 0 bridgehead atoms. The van der Waals surface area contributed by atoms with E-state index in [2.05, 4.69) is 5.32 Å². The van der Waals surface area contributed by atoms with Gasteiger partial charge in [0.1, 0.15) is 5.69 Å². The Hall–Kier alpha value is -1.07. The number of halogens is 1. The Kier molecular flexibility index (Phi) is 3.49. The molecule has 0 aliphatic carbocycles. The van der Waals surface area contributed by atoms with E-state index in [-0.39, 0.29) is 5.91 Å². The summed E-state index contributed by atoms with van der Waals surface area (Å²) in [5.74, 6) is -0.714. The Bertz CT molecular complexity index is 375. The standard InChI is InChI=1S/C8H8ClNO3S/c1-4(11)10-7-6(9)3-14-8(7)13-5(2)12/h3H,1-2H3,(H,10,11). The van der Waals surface area contributed by atoms with Crippen LogP contribution in [0.15, 0.2) is 5.38 Å². The van der Waals surface area contributed by atoms with Crippen molar-refractivity contribution in [3.63, 3.8) is 0 Å². The van der Waals surface area contributed by atoms with Crippen LogP contribution >= 0.6 is 22.9 Å². The zero-order valence-electron chi connectivity index (χ0n) is 7.59. The summed E-state index contributed by atoms with van der Waals surface area (Å²) in [6.45, 7) is 2.64. The molecule has 1 aromatic heterocycles. The number of anilines is 1. The van der Waals surface area contributed by atoms with E-state index < -0.39 is 5.97 Å². The van der Waals surface area contributed by atoms with Crippen molar-refractivity contribution in [1.29, 1.82) is 0 Å². The third kappa shape index (κ3) is 2.71. The van der Waals surface area contributed by atoms with Gasteiger partial charge in [-0.05, 0) is 0 Å². The number of carbonyl (C=O) groups is 2. The van der Waals surface area contributed by atoms with Crippen LogP contribution in [0.3, 0.4) is 0 Å². The van der Waals surface area contributed by atoms with E-state index in [0.717, 1.165) is 11.3 Å². The molecule has 1 heterocycles. The van der Waals surface area contributed by atoms with Crippen LogP contribution in [0, 0.1) is 0 Å². The largest absolute Gasteiger partial charge is 0.413 e. The smallest absolute Gasteiger partial charge is 0.308 e. The van der Waals surface area contributed by atoms with Gasteiger partial charge < -0.3 is 10.1 Å². The molecule has 6 heteroatoms. The minimum Gasteiger partial charge on any atom is -0.413 e. The SMILES string of the molecule is CC(=O)Nc1c(Cl)csc1OC(C)=O. The molecule has 0 spiro atoms. The van der Waals surface area contributed by atoms with Crippen molar-refractivity contribution in [3.8, 4) is 5.06 Å². The molecule has 1 aromatic rings. The van der Waals surface area contributed by atoms with Crippen molar-refractivity contribution < 1.29 is 14.3 Å². The van der Waals surface area contributed by atoms with E-state index in [1.54, 1.807) is 5.38 Å². The zero-order chi connectivity index (χ0) is 10.7. The number of esters is 1. The van der Waals surface area contributed by atoms with Gasteiger partial charge in [0.15, 0.2) is 0 Å². The fourth-order valence-corrected chi connectivity index (χ4v) is 1.91. The maximum Gasteiger partial charge on any atom is 0.308 e. The summed E-state index contributed by atoms with van der Waals surface area (Å²) in [5, 5.41) is 4.74. The predicted molar refractivity (Wildman–Crippen MR) is 54.9 cm³/mol. The maximum absolute atomic E-state index is 10.8. The lowest BCUT2D eigenvalue weighted by Crippen LogP contribution is -2.08. The molecule has 1 amide bonds. The van der Waals surface area contributed by atoms with Crippen molar-refractivity contribution >= 4 is 40.5 Å². The van der Waals surface area contributed by atoms with Gasteiger partial charge in [0, 0.05) is 19.2 Å². The minimum absolute atomic E-state index is 0.265. The van der Waals surface area contributed by atoms with Crippen molar-refractivity contribution in [2.75, 3.05) is 5.32 Å². The van der Waals surface area contributed by atoms with E-state index >= 15 is 0 Å². The lowest BCUT2D eigenvalue weighted by atomic mass is 10.5. The summed E-state index contributed by atoms with van der Waals surface area (Å²) >= 11 is 6.93. The molecular formula is C8H8ClNO3S. The summed E-state index contributed by atoms with van der Waals surface area (Å²) in [6, 6.07) is 0. The van der Waals surface area contributed by atoms with Crippen LogP contribution in [-0.2, 0) is 9.59 Å². The molecule has 0 saturated carbocycles. The van der Waals surface area contributed by atoms with Gasteiger partial charge in [0.05, 0.1) is 5.02 Å². The van der Waals surface area contributed by atoms with Crippen LogP contribution in [0.4, 0.5) is 5.69 Å². The van der Waals surface area contributed by atoms with E-state index in [1.165, 1.54) is 13.8 Å². The molecule has 0 aliphatic rings. The normalized spacial score (nSPS) is 9.64. The minimum atomic E-state index is -0.449. The van der Waals surface area contributed by atoms with Crippen LogP contribution in [0.1, 0.15) is 13.8 Å². The zero-order valence-corrected chi connectivity index (χ0v) is 9.16. The topological polar surface area (TPSA) is 55.4 Å². The Labute approximate surface area is 89.8 Å². The third-order valence-electron chi connectivity index (χ3n) is 1.25. The Morgan fingerprint density at radius 3 is 2.64 bits per heavy atom. The average molecular weight is 234 g/mol. The monoisotopic (exact) mass is 233 g/mol. The molecule has 0 aliphatic heterocycles. The van der Waals surface area contributed by atoms with E-state index in [0.29, 0.717) is 15.8 Å². The quantitative estimate of drug-likeness (QED) is 0.798. The van der Waals surface area contributed by atoms with Gasteiger partial charge in [-0.15, -0.1) is 11.3 Å². The molecule has 1 rings (SSSR count). The summed E-state index contributed by atoms with van der Waals surface area (Å²) < 4.78 is 4.85. The fourth-order valence-electron chi connectivity index (χ4n) is 0.813. The molecule has 14 heavy (non-hydrogen) atoms. The second-order valence-electron chi connectivity index (χ2n) is 2.52. The van der Waals surface area contributed by atoms with Crippen LogP contribution in [0.25, 0.3) is 0 Å². The number of amides is 1. The van der Waals surface area contributed by atoms with Gasteiger partial charge >= 0.3 is 5.97 Å². The Morgan fingerprint density at radius 2 is 2.14 bits per heavy atom. The molecule has 1 N–H and O–H groups in total. The lowest BCUT2D eigenvalue weighted by Gasteiger charge is -2.03. The van der Waals surface area contributed by atoms with Gasteiger partial charge in [0.25, 0.3) is 0 Å². The second-order valence-corrected chi connectivity index (χ2v) is 3.77. The predicted octanol–water partition coefficient (Wildman–Crippen LogP) is 2.29. The van der Waals surface area contributed by atoms with E-state index in [1.807, 2.05) is 0 Å². The molecule has 0 saturated heterocycles. The molecule has 0 unspecified atom stereocenters. The Balaban J connectivity index is 2.93. The first-order valence-corrected chi connectivity index (χ1v) is 4.99. The summed E-state index contributed by atoms with van der Waals surface area (Å²) in [4.78, 5) is 21.5. The van der Waals surface area contributed by atoms with Crippen LogP contribution in [0.2, 0.25) is 5.02 Å². The van der Waals surface area contributed by atoms with Crippen molar-refractivity contribution in [2.24, 2.45) is 0 Å². The number of carbonyl (C=O) groups excluding carboxylic acids is 2. The average Bonchev–Trinajstić information content (AvgIpc) is 2.34. The maximum atomic E-state index is 10.8. The van der Waals surface area contributed by atoms with Gasteiger partial charge in [-0.25, -0.2) is 0 Å². The van der Waals surface area contributed by atoms with Gasteiger partial charge in [-0.2, -0.15) is 0 Å². The summed E-state index contributed by atoms with van der Waals surface area (Å²) in [5.41, 5.74) is 0.347. The third-order valence-corrected chi connectivity index (χ3v) is 2.53. The fraction of sp³-hybridized carbons (Fsp3) is 0.250. The highest BCUT2D eigenvalue weighted by molar-refractivity contribution is 7.13. The first kappa shape index (κ1) is 11.0. The van der Waals surface area contributed by atoms with Gasteiger partial charge in [-0.3, -0.25) is 9.59 Å². The molecule has 0 atom stereocenters. The van der Waals surface area contributed by atoms with Crippen molar-refractivity contribution in [3.05, 3.63) is 10.4 Å². The first-order chi connectivity index (χ1) is 6.50. The number of thiophene rings is 1. The first-order valence-electron chi connectivity index (χ1n) is 3.73. The van der Waals surface area contributed by atoms with Gasteiger partial charge in [0.2, 0.25) is 11.0 Å². The summed E-state index contributed by atoms with van der Waals surface area (Å²) in [6.07, 6.45) is 0. The number of hydrogen-bond donors (Lipinski definition) is 1. The van der Waals surface area contributed by atoms with Crippen molar-refractivity contribution in [2.45, 2.75) is 13.8 Å². The summed E-state index contributed by atoms with van der Waals surface area (Å²) in [7, 11) is 0. The van der Waals surface area contributed by atoms with E-state index in [9.17, 15) is 9.59 Å². The molecule has 76 valence electrons. The molecular weight excluding hydrogens is 226 g/mol. The molecule has 0 fully saturated rings. The van der Waals surface area contributed by atoms with Crippen molar-refractivity contribution in [1.82, 2.24) is 0 Å². The highest BCUT2D eigenvalue weighted by Crippen LogP contribution is 2.39. The number of hydrogen-bond acceptors (Lipinski definition) is 4. The highest BCUT2D eigenvalue weighted by Gasteiger charge is 2.14. The Morgan fingerprint density at radius 1 is 1.50 bits per heavy atom. The van der Waals surface area contributed by atoms with Crippen LogP contribution in [-0.4, -0.2) is 11.9 Å². The van der Waals surface area contributed by atoms with E-state index in [4.69, 9.17) is 16.3 Å². The number of nitrogens with one attached hydrogen (secondary N) is 1. The van der Waals surface area contributed by atoms with Crippen LogP contribution in [0.5, 0.6) is 5.06 Å². The highest BCUT2D eigenvalue weighted by atomic mass is 35.5. The van der Waals surface area contributed by atoms with Crippen LogP contribution < -0.4 is 10.1 Å².